The molecule has 0 atom stereocenters. The Hall–Kier alpha value is -2.93. The first-order valence-electron chi connectivity index (χ1n) is 10.7. The van der Waals surface area contributed by atoms with Crippen molar-refractivity contribution in [2.24, 2.45) is 0 Å². The van der Waals surface area contributed by atoms with Gasteiger partial charge >= 0.3 is 0 Å². The Balaban J connectivity index is 2.35. The molecular formula is C27H34O6. The number of allylic oxidation sites excluding steroid dienone is 2. The second kappa shape index (κ2) is 13.6. The van der Waals surface area contributed by atoms with Gasteiger partial charge in [-0.05, 0) is 54.8 Å². The second-order valence-corrected chi connectivity index (χ2v) is 7.79. The Bertz CT molecular complexity index is 986. The zero-order valence-corrected chi connectivity index (χ0v) is 20.4. The quantitative estimate of drug-likeness (QED) is 0.230. The van der Waals surface area contributed by atoms with E-state index in [1.54, 1.807) is 34.5 Å². The van der Waals surface area contributed by atoms with Crippen LogP contribution in [0.25, 0.3) is 6.08 Å². The number of carbonyl (C=O) groups excluding carboxylic acids is 1. The highest BCUT2D eigenvalue weighted by Crippen LogP contribution is 2.28. The fourth-order valence-corrected chi connectivity index (χ4v) is 3.33. The van der Waals surface area contributed by atoms with E-state index in [1.807, 2.05) is 50.3 Å². The minimum atomic E-state index is -0.171. The highest BCUT2D eigenvalue weighted by molar-refractivity contribution is 6.09. The maximum absolute atomic E-state index is 13.2. The smallest absolute Gasteiger partial charge is 0.189 e. The molecule has 0 bridgehead atoms. The molecule has 2 aromatic carbocycles. The molecule has 0 saturated carbocycles. The Morgan fingerprint density at radius 3 is 2.18 bits per heavy atom. The molecule has 33 heavy (non-hydrogen) atoms. The summed E-state index contributed by atoms with van der Waals surface area (Å²) in [5, 5.41) is 0. The lowest BCUT2D eigenvalue weighted by Crippen LogP contribution is -2.07. The molecule has 178 valence electrons. The number of hydrogen-bond donors (Lipinski definition) is 0. The zero-order valence-electron chi connectivity index (χ0n) is 20.4. The van der Waals surface area contributed by atoms with Gasteiger partial charge in [-0.2, -0.15) is 0 Å². The predicted octanol–water partition coefficient (Wildman–Crippen LogP) is 5.38. The summed E-state index contributed by atoms with van der Waals surface area (Å²) < 4.78 is 27.3. The van der Waals surface area contributed by atoms with Gasteiger partial charge in [0.05, 0.1) is 32.5 Å². The van der Waals surface area contributed by atoms with Crippen LogP contribution in [0, 0.1) is 0 Å². The highest BCUT2D eigenvalue weighted by Gasteiger charge is 2.17. The average Bonchev–Trinajstić information content (AvgIpc) is 2.79. The van der Waals surface area contributed by atoms with Crippen molar-refractivity contribution in [2.75, 3.05) is 35.0 Å². The first-order chi connectivity index (χ1) is 15.9. The Kier molecular flexibility index (Phi) is 10.8. The lowest BCUT2D eigenvalue weighted by atomic mass is 9.98. The summed E-state index contributed by atoms with van der Waals surface area (Å²) >= 11 is 0. The maximum Gasteiger partial charge on any atom is 0.189 e. The summed E-state index contributed by atoms with van der Waals surface area (Å²) in [6, 6.07) is 9.51. The molecule has 0 aliphatic heterocycles. The van der Waals surface area contributed by atoms with Gasteiger partial charge in [0.2, 0.25) is 0 Å². The molecule has 6 nitrogen and oxygen atoms in total. The molecule has 0 radical (unpaired) electrons. The van der Waals surface area contributed by atoms with Crippen molar-refractivity contribution in [3.05, 3.63) is 75.9 Å². The fraction of sp³-hybridized carbons (Fsp3) is 0.370. The van der Waals surface area contributed by atoms with Gasteiger partial charge in [-0.3, -0.25) is 4.79 Å². The van der Waals surface area contributed by atoms with Gasteiger partial charge in [-0.1, -0.05) is 29.8 Å². The number of carbonyl (C=O) groups is 1. The highest BCUT2D eigenvalue weighted by atomic mass is 16.5. The monoisotopic (exact) mass is 454 g/mol. The van der Waals surface area contributed by atoms with Crippen LogP contribution in [-0.4, -0.2) is 40.8 Å². The van der Waals surface area contributed by atoms with Crippen LogP contribution in [0.4, 0.5) is 0 Å². The predicted molar refractivity (Wildman–Crippen MR) is 130 cm³/mol. The van der Waals surface area contributed by atoms with E-state index in [1.165, 1.54) is 11.6 Å². The molecule has 0 heterocycles. The van der Waals surface area contributed by atoms with Gasteiger partial charge in [0.25, 0.3) is 0 Å². The van der Waals surface area contributed by atoms with Crippen LogP contribution >= 0.6 is 0 Å². The van der Waals surface area contributed by atoms with E-state index in [9.17, 15) is 4.79 Å². The fourth-order valence-electron chi connectivity index (χ4n) is 3.33. The van der Waals surface area contributed by atoms with Crippen molar-refractivity contribution in [3.8, 4) is 11.5 Å². The largest absolute Gasteiger partial charge is 0.496 e. The summed E-state index contributed by atoms with van der Waals surface area (Å²) in [5.41, 5.74) is 5.11. The molecule has 0 aromatic heterocycles. The third-order valence-electron chi connectivity index (χ3n) is 4.87. The van der Waals surface area contributed by atoms with E-state index < -0.39 is 0 Å². The van der Waals surface area contributed by atoms with Gasteiger partial charge in [-0.25, -0.2) is 0 Å². The summed E-state index contributed by atoms with van der Waals surface area (Å²) in [5.74, 6) is 1.05. The van der Waals surface area contributed by atoms with Crippen molar-refractivity contribution in [1.29, 1.82) is 0 Å². The molecule has 0 N–H and O–H groups in total. The first-order valence-corrected chi connectivity index (χ1v) is 10.7. The number of ether oxygens (including phenoxy) is 5. The Labute approximate surface area is 196 Å². The number of benzene rings is 2. The third kappa shape index (κ3) is 7.86. The topological polar surface area (TPSA) is 63.2 Å². The van der Waals surface area contributed by atoms with Gasteiger partial charge in [0.15, 0.2) is 5.78 Å². The lowest BCUT2D eigenvalue weighted by molar-refractivity contribution is 0.103. The molecule has 0 aliphatic carbocycles. The van der Waals surface area contributed by atoms with Crippen molar-refractivity contribution < 1.29 is 28.5 Å². The van der Waals surface area contributed by atoms with Crippen LogP contribution < -0.4 is 9.47 Å². The van der Waals surface area contributed by atoms with Gasteiger partial charge in [0.1, 0.15) is 18.1 Å². The van der Waals surface area contributed by atoms with Crippen molar-refractivity contribution in [3.63, 3.8) is 0 Å². The van der Waals surface area contributed by atoms with Gasteiger partial charge < -0.3 is 23.7 Å². The van der Waals surface area contributed by atoms with Crippen molar-refractivity contribution >= 4 is 11.9 Å². The number of hydrogen-bond acceptors (Lipinski definition) is 6. The van der Waals surface area contributed by atoms with Crippen molar-refractivity contribution in [1.82, 2.24) is 0 Å². The molecule has 0 saturated heterocycles. The molecule has 6 heteroatoms. The molecule has 2 rings (SSSR count). The first kappa shape index (κ1) is 26.3. The molecular weight excluding hydrogens is 420 g/mol. The van der Waals surface area contributed by atoms with E-state index >= 15 is 0 Å². The van der Waals surface area contributed by atoms with Crippen LogP contribution in [0.15, 0.2) is 48.1 Å². The molecule has 0 fully saturated rings. The van der Waals surface area contributed by atoms with E-state index in [-0.39, 0.29) is 12.4 Å². The summed E-state index contributed by atoms with van der Waals surface area (Å²) in [7, 11) is 6.42. The second-order valence-electron chi connectivity index (χ2n) is 7.79. The Morgan fingerprint density at radius 1 is 0.848 bits per heavy atom. The molecule has 0 unspecified atom stereocenters. The molecule has 0 aliphatic rings. The van der Waals surface area contributed by atoms with Gasteiger partial charge in [0, 0.05) is 26.9 Å². The molecule has 0 amide bonds. The summed E-state index contributed by atoms with van der Waals surface area (Å²) in [4.78, 5) is 13.2. The number of methoxy groups -OCH3 is 4. The standard InChI is InChI=1S/C27H34O6/c1-19(2)11-12-33-25-14-20(7-9-22(25)17-30-4)8-10-24(28)27-23(18-31-5)13-21(16-29-3)15-26(27)32-6/h7-11,13-15H,12,16-18H2,1-6H3. The van der Waals surface area contributed by atoms with Crippen LogP contribution in [0.2, 0.25) is 0 Å². The summed E-state index contributed by atoms with van der Waals surface area (Å²) in [6.07, 6.45) is 5.32. The van der Waals surface area contributed by atoms with Crippen LogP contribution in [0.3, 0.4) is 0 Å². The maximum atomic E-state index is 13.2. The minimum Gasteiger partial charge on any atom is -0.496 e. The SMILES string of the molecule is COCc1cc(COC)c(C(=O)C=Cc2ccc(COC)c(OCC=C(C)C)c2)c(OC)c1. The van der Waals surface area contributed by atoms with E-state index in [4.69, 9.17) is 23.7 Å². The molecule has 2 aromatic rings. The number of ketones is 1. The van der Waals surface area contributed by atoms with Crippen LogP contribution in [0.5, 0.6) is 11.5 Å². The zero-order chi connectivity index (χ0) is 24.2. The van der Waals surface area contributed by atoms with E-state index in [0.29, 0.717) is 31.1 Å². The van der Waals surface area contributed by atoms with Crippen LogP contribution in [0.1, 0.15) is 46.5 Å². The third-order valence-corrected chi connectivity index (χ3v) is 4.87. The lowest BCUT2D eigenvalue weighted by Gasteiger charge is -2.14. The minimum absolute atomic E-state index is 0.171. The number of rotatable bonds is 13. The van der Waals surface area contributed by atoms with Crippen molar-refractivity contribution in [2.45, 2.75) is 33.7 Å². The van der Waals surface area contributed by atoms with Gasteiger partial charge in [-0.15, -0.1) is 0 Å². The van der Waals surface area contributed by atoms with Crippen LogP contribution in [-0.2, 0) is 34.0 Å². The normalized spacial score (nSPS) is 11.0. The van der Waals surface area contributed by atoms with E-state index in [2.05, 4.69) is 0 Å². The summed E-state index contributed by atoms with van der Waals surface area (Å²) in [6.45, 7) is 5.67. The van der Waals surface area contributed by atoms with E-state index in [0.717, 1.165) is 28.0 Å². The molecule has 0 spiro atoms. The average molecular weight is 455 g/mol. The Morgan fingerprint density at radius 2 is 1.55 bits per heavy atom.